The summed E-state index contributed by atoms with van der Waals surface area (Å²) in [7, 11) is 2.10. The van der Waals surface area contributed by atoms with Gasteiger partial charge in [0, 0.05) is 42.0 Å². The topological polar surface area (TPSA) is 84.3 Å². The van der Waals surface area contributed by atoms with Crippen LogP contribution in [0.3, 0.4) is 0 Å². The minimum Gasteiger partial charge on any atom is -0.490 e. The van der Waals surface area contributed by atoms with Gasteiger partial charge in [-0.1, -0.05) is 30.7 Å². The second-order valence-electron chi connectivity index (χ2n) is 11.4. The highest BCUT2D eigenvalue weighted by Gasteiger charge is 2.31. The molecule has 2 aliphatic heterocycles. The van der Waals surface area contributed by atoms with Crippen molar-refractivity contribution in [1.29, 1.82) is 0 Å². The number of fused-ring (bicyclic) bond motifs is 1. The number of alkyl halides is 3. The summed E-state index contributed by atoms with van der Waals surface area (Å²) in [6.45, 7) is 1.38. The number of nitrogens with zero attached hydrogens (tertiary/aromatic N) is 4. The summed E-state index contributed by atoms with van der Waals surface area (Å²) in [6, 6.07) is 16.3. The van der Waals surface area contributed by atoms with E-state index in [1.165, 1.54) is 6.20 Å². The first-order valence-electron chi connectivity index (χ1n) is 14.8. The number of rotatable bonds is 7. The van der Waals surface area contributed by atoms with Crippen LogP contribution < -0.4 is 20.9 Å². The van der Waals surface area contributed by atoms with E-state index in [4.69, 9.17) is 4.74 Å². The van der Waals surface area contributed by atoms with Crippen molar-refractivity contribution in [2.45, 2.75) is 57.0 Å². The third kappa shape index (κ3) is 6.83. The number of piperidine rings is 2. The van der Waals surface area contributed by atoms with Crippen LogP contribution in [0, 0.1) is 0 Å². The largest absolute Gasteiger partial charge is 0.490 e. The fourth-order valence-corrected chi connectivity index (χ4v) is 5.94. The Balaban J connectivity index is 1.31. The molecule has 0 radical (unpaired) electrons. The highest BCUT2D eigenvalue weighted by atomic mass is 19.4. The predicted octanol–water partition coefficient (Wildman–Crippen LogP) is 6.05. The molecule has 0 spiro atoms. The molecule has 2 saturated heterocycles. The molecular formula is C32H35F3N6O2. The van der Waals surface area contributed by atoms with E-state index >= 15 is 0 Å². The van der Waals surface area contributed by atoms with Gasteiger partial charge in [-0.05, 0) is 80.7 Å². The van der Waals surface area contributed by atoms with Gasteiger partial charge in [0.1, 0.15) is 24.0 Å². The van der Waals surface area contributed by atoms with Gasteiger partial charge in [0.2, 0.25) is 5.95 Å². The number of hydrogen-bond donors (Lipinski definition) is 2. The molecule has 11 heteroatoms. The van der Waals surface area contributed by atoms with Crippen LogP contribution in [0.5, 0.6) is 5.75 Å². The van der Waals surface area contributed by atoms with Gasteiger partial charge in [-0.15, -0.1) is 0 Å². The zero-order valence-corrected chi connectivity index (χ0v) is 24.0. The number of likely N-dealkylation sites (tertiary alicyclic amines) is 1. The smallest absolute Gasteiger partial charge is 0.406 e. The Morgan fingerprint density at radius 1 is 1.02 bits per heavy atom. The van der Waals surface area contributed by atoms with Crippen molar-refractivity contribution in [1.82, 2.24) is 24.8 Å². The Hall–Kier alpha value is -3.96. The van der Waals surface area contributed by atoms with Gasteiger partial charge in [-0.2, -0.15) is 18.2 Å². The van der Waals surface area contributed by atoms with E-state index in [1.54, 1.807) is 30.3 Å². The molecule has 0 saturated carbocycles. The van der Waals surface area contributed by atoms with Crippen molar-refractivity contribution in [3.05, 3.63) is 76.7 Å². The molecule has 0 aliphatic carbocycles. The van der Waals surface area contributed by atoms with Gasteiger partial charge in [0.25, 0.3) is 5.56 Å². The maximum absolute atomic E-state index is 13.8. The lowest BCUT2D eigenvalue weighted by atomic mass is 9.90. The number of pyridine rings is 1. The zero-order valence-electron chi connectivity index (χ0n) is 24.0. The summed E-state index contributed by atoms with van der Waals surface area (Å²) in [5.74, 6) is 0.834. The molecule has 2 aromatic carbocycles. The van der Waals surface area contributed by atoms with Gasteiger partial charge >= 0.3 is 6.18 Å². The fraction of sp³-hybridized carbons (Fsp3) is 0.406. The summed E-state index contributed by atoms with van der Waals surface area (Å²) in [5.41, 5.74) is 1.54. The summed E-state index contributed by atoms with van der Waals surface area (Å²) < 4.78 is 48.2. The molecule has 4 heterocycles. The number of aromatic nitrogens is 3. The Morgan fingerprint density at radius 3 is 2.51 bits per heavy atom. The van der Waals surface area contributed by atoms with Gasteiger partial charge < -0.3 is 20.3 Å². The molecular weight excluding hydrogens is 557 g/mol. The Labute approximate surface area is 247 Å². The molecule has 0 bridgehead atoms. The molecule has 2 fully saturated rings. The third-order valence-electron chi connectivity index (χ3n) is 8.18. The Kier molecular flexibility index (Phi) is 8.36. The first kappa shape index (κ1) is 29.1. The molecule has 8 nitrogen and oxygen atoms in total. The van der Waals surface area contributed by atoms with E-state index < -0.39 is 18.3 Å². The van der Waals surface area contributed by atoms with Gasteiger partial charge in [-0.3, -0.25) is 9.36 Å². The van der Waals surface area contributed by atoms with E-state index in [-0.39, 0.29) is 29.3 Å². The minimum atomic E-state index is -4.62. The van der Waals surface area contributed by atoms with Crippen LogP contribution in [0.25, 0.3) is 22.2 Å². The van der Waals surface area contributed by atoms with E-state index in [0.717, 1.165) is 63.1 Å². The molecule has 0 amide bonds. The first-order valence-corrected chi connectivity index (χ1v) is 14.8. The predicted molar refractivity (Wildman–Crippen MR) is 161 cm³/mol. The molecule has 43 heavy (non-hydrogen) atoms. The maximum Gasteiger partial charge on any atom is 0.406 e. The van der Waals surface area contributed by atoms with Crippen LogP contribution in [0.15, 0.2) is 65.6 Å². The normalized spacial score (nSPS) is 18.6. The highest BCUT2D eigenvalue weighted by Crippen LogP contribution is 2.33. The SMILES string of the molecule is CN1CCC(Oc2ccc(Nc3ncc4cc(-c5ccccc5C5CCCCN5)c(=O)n(CC(F)(F)F)c4n3)cc2)CC1. The molecule has 1 unspecified atom stereocenters. The van der Waals surface area contributed by atoms with Crippen molar-refractivity contribution in [3.8, 4) is 16.9 Å². The van der Waals surface area contributed by atoms with Crippen LogP contribution >= 0.6 is 0 Å². The van der Waals surface area contributed by atoms with Crippen molar-refractivity contribution in [2.24, 2.45) is 0 Å². The van der Waals surface area contributed by atoms with Crippen molar-refractivity contribution < 1.29 is 17.9 Å². The summed E-state index contributed by atoms with van der Waals surface area (Å²) in [5, 5.41) is 6.88. The lowest BCUT2D eigenvalue weighted by molar-refractivity contribution is -0.140. The van der Waals surface area contributed by atoms with Gasteiger partial charge in [0.05, 0.1) is 0 Å². The van der Waals surface area contributed by atoms with Crippen molar-refractivity contribution in [3.63, 3.8) is 0 Å². The Morgan fingerprint density at radius 2 is 1.79 bits per heavy atom. The summed E-state index contributed by atoms with van der Waals surface area (Å²) in [4.78, 5) is 24.8. The number of benzene rings is 2. The maximum atomic E-state index is 13.8. The number of halogens is 3. The molecule has 4 aromatic rings. The van der Waals surface area contributed by atoms with Crippen LogP contribution in [0.1, 0.15) is 43.7 Å². The minimum absolute atomic E-state index is 0.0279. The van der Waals surface area contributed by atoms with Crippen LogP contribution in [0.2, 0.25) is 0 Å². The summed E-state index contributed by atoms with van der Waals surface area (Å²) >= 11 is 0. The second kappa shape index (κ2) is 12.3. The monoisotopic (exact) mass is 592 g/mol. The zero-order chi connectivity index (χ0) is 30.0. The molecule has 2 aliphatic rings. The van der Waals surface area contributed by atoms with Crippen molar-refractivity contribution in [2.75, 3.05) is 32.0 Å². The Bertz CT molecular complexity index is 1630. The molecule has 1 atom stereocenters. The quantitative estimate of drug-likeness (QED) is 0.270. The molecule has 226 valence electrons. The van der Waals surface area contributed by atoms with Crippen LogP contribution in [-0.2, 0) is 6.54 Å². The molecule has 2 N–H and O–H groups in total. The van der Waals surface area contributed by atoms with E-state index in [2.05, 4.69) is 32.5 Å². The molecule has 2 aromatic heterocycles. The third-order valence-corrected chi connectivity index (χ3v) is 8.18. The second-order valence-corrected chi connectivity index (χ2v) is 11.4. The lowest BCUT2D eigenvalue weighted by Gasteiger charge is -2.29. The molecule has 6 rings (SSSR count). The van der Waals surface area contributed by atoms with E-state index in [1.807, 2.05) is 24.3 Å². The van der Waals surface area contributed by atoms with Crippen LogP contribution in [-0.4, -0.2) is 58.4 Å². The number of nitrogens with one attached hydrogen (secondary N) is 2. The standard InChI is InChI=1S/C32H35F3N6O2/c1-40-16-13-24(14-17-40)43-23-11-9-22(10-12-23)38-31-37-19-21-18-27(30(42)41(29(21)39-31)20-32(33,34)35)25-6-2-3-7-26(25)28-8-4-5-15-36-28/h2-3,6-7,9-12,18-19,24,28,36H,4-5,8,13-17,20H2,1H3,(H,37,38,39). The van der Waals surface area contributed by atoms with E-state index in [9.17, 15) is 18.0 Å². The average molecular weight is 593 g/mol. The highest BCUT2D eigenvalue weighted by molar-refractivity contribution is 5.83. The first-order chi connectivity index (χ1) is 20.7. The summed E-state index contributed by atoms with van der Waals surface area (Å²) in [6.07, 6.45) is 1.93. The number of anilines is 2. The van der Waals surface area contributed by atoms with E-state index in [0.29, 0.717) is 21.2 Å². The lowest BCUT2D eigenvalue weighted by Crippen LogP contribution is -2.35. The van der Waals surface area contributed by atoms with Crippen LogP contribution in [0.4, 0.5) is 24.8 Å². The van der Waals surface area contributed by atoms with Gasteiger partial charge in [-0.25, -0.2) is 4.98 Å². The van der Waals surface area contributed by atoms with Crippen molar-refractivity contribution >= 4 is 22.7 Å². The van der Waals surface area contributed by atoms with Gasteiger partial charge in [0.15, 0.2) is 0 Å². The number of hydrogen-bond acceptors (Lipinski definition) is 7. The number of ether oxygens (including phenoxy) is 1. The average Bonchev–Trinajstić information content (AvgIpc) is 3.01. The fourth-order valence-electron chi connectivity index (χ4n) is 5.94.